The van der Waals surface area contributed by atoms with Crippen LogP contribution >= 0.6 is 11.6 Å². The summed E-state index contributed by atoms with van der Waals surface area (Å²) in [5.41, 5.74) is 8.89. The molecule has 0 bridgehead atoms. The van der Waals surface area contributed by atoms with Crippen LogP contribution in [0, 0.1) is 6.92 Å². The fourth-order valence-electron chi connectivity index (χ4n) is 1.88. The van der Waals surface area contributed by atoms with E-state index in [9.17, 15) is 0 Å². The molecule has 4 nitrogen and oxygen atoms in total. The molecule has 2 heterocycles. The van der Waals surface area contributed by atoms with Gasteiger partial charge in [0.05, 0.1) is 5.69 Å². The molecule has 0 aliphatic rings. The molecule has 0 aliphatic heterocycles. The Hall–Kier alpha value is -1.55. The van der Waals surface area contributed by atoms with E-state index in [0.717, 1.165) is 29.7 Å². The number of rotatable bonds is 3. The van der Waals surface area contributed by atoms with Crippen molar-refractivity contribution in [2.75, 3.05) is 5.73 Å². The van der Waals surface area contributed by atoms with Crippen molar-refractivity contribution in [3.05, 3.63) is 40.3 Å². The molecule has 0 unspecified atom stereocenters. The number of hydrogen-bond donors (Lipinski definition) is 1. The van der Waals surface area contributed by atoms with E-state index in [1.165, 1.54) is 0 Å². The molecule has 0 radical (unpaired) electrons. The highest BCUT2D eigenvalue weighted by Gasteiger charge is 2.10. The number of hydrogen-bond acceptors (Lipinski definition) is 3. The van der Waals surface area contributed by atoms with Gasteiger partial charge in [0.1, 0.15) is 11.0 Å². The number of nitrogens with zero attached hydrogens (tertiary/aromatic N) is 3. The second kappa shape index (κ2) is 4.75. The van der Waals surface area contributed by atoms with Crippen LogP contribution in [0.5, 0.6) is 0 Å². The molecule has 0 spiro atoms. The molecule has 0 aromatic carbocycles. The predicted molar refractivity (Wildman–Crippen MR) is 69.0 cm³/mol. The Morgan fingerprint density at radius 2 is 2.18 bits per heavy atom. The summed E-state index contributed by atoms with van der Waals surface area (Å²) in [5.74, 6) is 0.552. The Morgan fingerprint density at radius 1 is 1.41 bits per heavy atom. The summed E-state index contributed by atoms with van der Waals surface area (Å²) in [4.78, 5) is 3.97. The van der Waals surface area contributed by atoms with Crippen molar-refractivity contribution in [1.82, 2.24) is 14.8 Å². The van der Waals surface area contributed by atoms with E-state index in [-0.39, 0.29) is 0 Å². The van der Waals surface area contributed by atoms with Crippen LogP contribution in [0.1, 0.15) is 16.8 Å². The standard InChI is InChI=1S/C12H15ClN4/c1-8-10(12(13)17(2)16-8)4-3-9-5-6-15-11(14)7-9/h5-7H,3-4H2,1-2H3,(H2,14,15). The largest absolute Gasteiger partial charge is 0.384 e. The fourth-order valence-corrected chi connectivity index (χ4v) is 2.15. The zero-order chi connectivity index (χ0) is 12.4. The van der Waals surface area contributed by atoms with Gasteiger partial charge >= 0.3 is 0 Å². The quantitative estimate of drug-likeness (QED) is 0.908. The zero-order valence-corrected chi connectivity index (χ0v) is 10.7. The molecular weight excluding hydrogens is 236 g/mol. The maximum atomic E-state index is 6.17. The van der Waals surface area contributed by atoms with E-state index in [1.807, 2.05) is 26.1 Å². The van der Waals surface area contributed by atoms with Crippen LogP contribution < -0.4 is 5.73 Å². The lowest BCUT2D eigenvalue weighted by atomic mass is 10.1. The van der Waals surface area contributed by atoms with E-state index < -0.39 is 0 Å². The summed E-state index contributed by atoms with van der Waals surface area (Å²) in [6, 6.07) is 3.86. The van der Waals surface area contributed by atoms with E-state index >= 15 is 0 Å². The molecule has 0 aliphatic carbocycles. The van der Waals surface area contributed by atoms with Crippen molar-refractivity contribution >= 4 is 17.4 Å². The predicted octanol–water partition coefficient (Wildman–Crippen LogP) is 2.14. The van der Waals surface area contributed by atoms with Gasteiger partial charge in [-0.05, 0) is 37.5 Å². The zero-order valence-electron chi connectivity index (χ0n) is 9.94. The highest BCUT2D eigenvalue weighted by atomic mass is 35.5. The molecule has 2 rings (SSSR count). The second-order valence-electron chi connectivity index (χ2n) is 4.07. The van der Waals surface area contributed by atoms with Gasteiger partial charge in [-0.1, -0.05) is 11.6 Å². The number of halogens is 1. The van der Waals surface area contributed by atoms with Crippen molar-refractivity contribution in [3.63, 3.8) is 0 Å². The van der Waals surface area contributed by atoms with Crippen LogP contribution in [0.3, 0.4) is 0 Å². The first-order valence-corrected chi connectivity index (χ1v) is 5.84. The third-order valence-electron chi connectivity index (χ3n) is 2.78. The Labute approximate surface area is 105 Å². The number of nitrogen functional groups attached to an aromatic ring is 1. The van der Waals surface area contributed by atoms with Gasteiger partial charge in [-0.2, -0.15) is 5.10 Å². The van der Waals surface area contributed by atoms with Crippen LogP contribution in [-0.4, -0.2) is 14.8 Å². The monoisotopic (exact) mass is 250 g/mol. The van der Waals surface area contributed by atoms with Crippen molar-refractivity contribution in [1.29, 1.82) is 0 Å². The molecule has 2 aromatic heterocycles. The maximum absolute atomic E-state index is 6.17. The van der Waals surface area contributed by atoms with Gasteiger partial charge in [-0.25, -0.2) is 4.98 Å². The number of pyridine rings is 1. The summed E-state index contributed by atoms with van der Waals surface area (Å²) in [6.07, 6.45) is 3.48. The molecule has 17 heavy (non-hydrogen) atoms. The minimum Gasteiger partial charge on any atom is -0.384 e. The van der Waals surface area contributed by atoms with Crippen LogP contribution in [0.2, 0.25) is 5.15 Å². The minimum atomic E-state index is 0.552. The first-order valence-electron chi connectivity index (χ1n) is 5.46. The van der Waals surface area contributed by atoms with E-state index in [0.29, 0.717) is 11.0 Å². The van der Waals surface area contributed by atoms with Crippen LogP contribution in [0.15, 0.2) is 18.3 Å². The number of aromatic nitrogens is 3. The first-order chi connectivity index (χ1) is 8.08. The van der Waals surface area contributed by atoms with Gasteiger partial charge in [-0.3, -0.25) is 4.68 Å². The molecule has 5 heteroatoms. The summed E-state index contributed by atoms with van der Waals surface area (Å²) in [5, 5.41) is 5.00. The third-order valence-corrected chi connectivity index (χ3v) is 3.25. The van der Waals surface area contributed by atoms with Gasteiger partial charge in [0, 0.05) is 18.8 Å². The summed E-state index contributed by atoms with van der Waals surface area (Å²) in [6.45, 7) is 1.97. The van der Waals surface area contributed by atoms with Gasteiger partial charge < -0.3 is 5.73 Å². The van der Waals surface area contributed by atoms with E-state index in [4.69, 9.17) is 17.3 Å². The van der Waals surface area contributed by atoms with E-state index in [2.05, 4.69) is 10.1 Å². The number of anilines is 1. The third kappa shape index (κ3) is 2.58. The molecule has 0 saturated carbocycles. The Balaban J connectivity index is 2.12. The molecule has 2 aromatic rings. The molecular formula is C12H15ClN4. The number of nitrogens with two attached hydrogens (primary N) is 1. The average Bonchev–Trinajstić information content (AvgIpc) is 2.51. The minimum absolute atomic E-state index is 0.552. The normalized spacial score (nSPS) is 10.8. The van der Waals surface area contributed by atoms with Crippen molar-refractivity contribution in [2.24, 2.45) is 7.05 Å². The lowest BCUT2D eigenvalue weighted by molar-refractivity contribution is 0.757. The lowest BCUT2D eigenvalue weighted by Crippen LogP contribution is -1.96. The van der Waals surface area contributed by atoms with Crippen LogP contribution in [0.25, 0.3) is 0 Å². The topological polar surface area (TPSA) is 56.7 Å². The highest BCUT2D eigenvalue weighted by Crippen LogP contribution is 2.20. The van der Waals surface area contributed by atoms with Crippen molar-refractivity contribution < 1.29 is 0 Å². The van der Waals surface area contributed by atoms with Crippen LogP contribution in [-0.2, 0) is 19.9 Å². The molecule has 90 valence electrons. The fraction of sp³-hybridized carbons (Fsp3) is 0.333. The SMILES string of the molecule is Cc1nn(C)c(Cl)c1CCc1ccnc(N)c1. The van der Waals surface area contributed by atoms with Gasteiger partial charge in [0.25, 0.3) is 0 Å². The summed E-state index contributed by atoms with van der Waals surface area (Å²) < 4.78 is 1.70. The molecule has 2 N–H and O–H groups in total. The molecule has 0 atom stereocenters. The summed E-state index contributed by atoms with van der Waals surface area (Å²) in [7, 11) is 1.85. The Morgan fingerprint density at radius 3 is 2.76 bits per heavy atom. The van der Waals surface area contributed by atoms with Crippen molar-refractivity contribution in [3.8, 4) is 0 Å². The summed E-state index contributed by atoms with van der Waals surface area (Å²) >= 11 is 6.17. The maximum Gasteiger partial charge on any atom is 0.130 e. The average molecular weight is 251 g/mol. The van der Waals surface area contributed by atoms with Crippen LogP contribution in [0.4, 0.5) is 5.82 Å². The highest BCUT2D eigenvalue weighted by molar-refractivity contribution is 6.30. The van der Waals surface area contributed by atoms with Gasteiger partial charge in [0.15, 0.2) is 0 Å². The van der Waals surface area contributed by atoms with E-state index in [1.54, 1.807) is 10.9 Å². The molecule has 0 amide bonds. The van der Waals surface area contributed by atoms with Gasteiger partial charge in [0.2, 0.25) is 0 Å². The smallest absolute Gasteiger partial charge is 0.130 e. The first kappa shape index (κ1) is 11.9. The number of aryl methyl sites for hydroxylation is 3. The van der Waals surface area contributed by atoms with Gasteiger partial charge in [-0.15, -0.1) is 0 Å². The Bertz CT molecular complexity index is 533. The Kier molecular flexibility index (Phi) is 3.33. The molecule has 0 saturated heterocycles. The lowest BCUT2D eigenvalue weighted by Gasteiger charge is -2.02. The molecule has 0 fully saturated rings. The van der Waals surface area contributed by atoms with Crippen molar-refractivity contribution in [2.45, 2.75) is 19.8 Å². The second-order valence-corrected chi connectivity index (χ2v) is 4.43.